The molecule has 0 radical (unpaired) electrons. The van der Waals surface area contributed by atoms with E-state index in [1.54, 1.807) is 25.2 Å². The van der Waals surface area contributed by atoms with Gasteiger partial charge in [0.1, 0.15) is 5.82 Å². The van der Waals surface area contributed by atoms with Crippen molar-refractivity contribution in [2.45, 2.75) is 0 Å². The quantitative estimate of drug-likeness (QED) is 0.748. The predicted octanol–water partition coefficient (Wildman–Crippen LogP) is 1.86. The van der Waals surface area contributed by atoms with Gasteiger partial charge in [-0.05, 0) is 12.1 Å². The molecule has 74 valence electrons. The van der Waals surface area contributed by atoms with Gasteiger partial charge in [0.05, 0.1) is 5.69 Å². The van der Waals surface area contributed by atoms with Crippen molar-refractivity contribution in [1.29, 1.82) is 0 Å². The Hall–Kier alpha value is -1.84. The van der Waals surface area contributed by atoms with E-state index in [0.29, 0.717) is 5.69 Å². The van der Waals surface area contributed by atoms with Crippen molar-refractivity contribution in [1.82, 2.24) is 0 Å². The smallest absolute Gasteiger partial charge is 0.329 e. The molecule has 0 aliphatic rings. The lowest BCUT2D eigenvalue weighted by Crippen LogP contribution is -2.10. The summed E-state index contributed by atoms with van der Waals surface area (Å²) < 4.78 is 13.1. The number of carboxylic acid groups (broad SMARTS) is 1. The molecule has 0 saturated heterocycles. The minimum absolute atomic E-state index is 0.338. The number of anilines is 1. The first-order valence-corrected chi connectivity index (χ1v) is 4.00. The van der Waals surface area contributed by atoms with Crippen molar-refractivity contribution in [3.8, 4) is 0 Å². The van der Waals surface area contributed by atoms with Crippen LogP contribution in [0.1, 0.15) is 0 Å². The Kier molecular flexibility index (Phi) is 3.23. The SMILES string of the molecule is CN(C=CC(=O)O)c1ccccc1F. The monoisotopic (exact) mass is 195 g/mol. The molecule has 0 aromatic heterocycles. The summed E-state index contributed by atoms with van der Waals surface area (Å²) in [6, 6.07) is 6.15. The number of nitrogens with zero attached hydrogens (tertiary/aromatic N) is 1. The molecule has 0 aliphatic heterocycles. The second-order valence-electron chi connectivity index (χ2n) is 2.72. The standard InChI is InChI=1S/C10H10FNO2/c1-12(7-6-10(13)14)9-5-3-2-4-8(9)11/h2-7H,1H3,(H,13,14). The van der Waals surface area contributed by atoms with Crippen molar-refractivity contribution >= 4 is 11.7 Å². The number of carboxylic acids is 1. The molecule has 0 spiro atoms. The first-order chi connectivity index (χ1) is 6.61. The number of carbonyl (C=O) groups is 1. The molecule has 14 heavy (non-hydrogen) atoms. The third kappa shape index (κ3) is 2.58. The van der Waals surface area contributed by atoms with Crippen molar-refractivity contribution in [2.75, 3.05) is 11.9 Å². The minimum atomic E-state index is -1.06. The summed E-state index contributed by atoms with van der Waals surface area (Å²) in [5.41, 5.74) is 0.338. The number of para-hydroxylation sites is 1. The van der Waals surface area contributed by atoms with Crippen LogP contribution in [-0.4, -0.2) is 18.1 Å². The van der Waals surface area contributed by atoms with Crippen LogP contribution >= 0.6 is 0 Å². The van der Waals surface area contributed by atoms with E-state index in [2.05, 4.69) is 0 Å². The molecule has 0 saturated carbocycles. The van der Waals surface area contributed by atoms with Crippen LogP contribution in [0, 0.1) is 5.82 Å². The lowest BCUT2D eigenvalue weighted by molar-refractivity contribution is -0.131. The maximum atomic E-state index is 13.1. The van der Waals surface area contributed by atoms with Crippen LogP contribution in [0.5, 0.6) is 0 Å². The second kappa shape index (κ2) is 4.41. The molecule has 1 rings (SSSR count). The topological polar surface area (TPSA) is 40.5 Å². The number of hydrogen-bond acceptors (Lipinski definition) is 2. The Labute approximate surface area is 81.1 Å². The van der Waals surface area contributed by atoms with Crippen LogP contribution in [0.25, 0.3) is 0 Å². The lowest BCUT2D eigenvalue weighted by Gasteiger charge is -2.13. The first kappa shape index (κ1) is 10.2. The highest BCUT2D eigenvalue weighted by Crippen LogP contribution is 2.16. The summed E-state index contributed by atoms with van der Waals surface area (Å²) >= 11 is 0. The summed E-state index contributed by atoms with van der Waals surface area (Å²) in [5, 5.41) is 8.37. The van der Waals surface area contributed by atoms with Crippen molar-refractivity contribution in [2.24, 2.45) is 0 Å². The van der Waals surface area contributed by atoms with Gasteiger partial charge in [0.2, 0.25) is 0 Å². The Morgan fingerprint density at radius 3 is 2.71 bits per heavy atom. The van der Waals surface area contributed by atoms with Crippen LogP contribution in [0.4, 0.5) is 10.1 Å². The van der Waals surface area contributed by atoms with E-state index in [0.717, 1.165) is 6.08 Å². The summed E-state index contributed by atoms with van der Waals surface area (Å²) in [5.74, 6) is -1.45. The highest BCUT2D eigenvalue weighted by molar-refractivity contribution is 5.80. The fourth-order valence-electron chi connectivity index (χ4n) is 0.994. The van der Waals surface area contributed by atoms with Gasteiger partial charge in [-0.1, -0.05) is 12.1 Å². The number of hydrogen-bond donors (Lipinski definition) is 1. The summed E-state index contributed by atoms with van der Waals surface area (Å²) in [6.07, 6.45) is 2.24. The molecule has 1 aromatic rings. The van der Waals surface area contributed by atoms with E-state index in [1.165, 1.54) is 17.2 Å². The highest BCUT2D eigenvalue weighted by atomic mass is 19.1. The molecule has 0 amide bonds. The zero-order valence-electron chi connectivity index (χ0n) is 7.64. The molecule has 0 fully saturated rings. The van der Waals surface area contributed by atoms with Crippen LogP contribution in [0.15, 0.2) is 36.5 Å². The largest absolute Gasteiger partial charge is 0.478 e. The van der Waals surface area contributed by atoms with E-state index in [1.807, 2.05) is 0 Å². The van der Waals surface area contributed by atoms with E-state index in [-0.39, 0.29) is 5.82 Å². The lowest BCUT2D eigenvalue weighted by atomic mass is 10.3. The molecule has 0 heterocycles. The third-order valence-corrected chi connectivity index (χ3v) is 1.67. The summed E-state index contributed by atoms with van der Waals surface area (Å²) in [4.78, 5) is 11.6. The van der Waals surface area contributed by atoms with E-state index in [4.69, 9.17) is 5.11 Å². The van der Waals surface area contributed by atoms with Gasteiger partial charge in [-0.3, -0.25) is 0 Å². The molecule has 0 bridgehead atoms. The average Bonchev–Trinajstić information content (AvgIpc) is 2.15. The van der Waals surface area contributed by atoms with Crippen molar-refractivity contribution in [3.05, 3.63) is 42.4 Å². The molecular formula is C10H10FNO2. The van der Waals surface area contributed by atoms with Crippen LogP contribution < -0.4 is 4.90 Å². The van der Waals surface area contributed by atoms with E-state index >= 15 is 0 Å². The zero-order chi connectivity index (χ0) is 10.6. The van der Waals surface area contributed by atoms with Crippen LogP contribution in [0.3, 0.4) is 0 Å². The maximum Gasteiger partial charge on any atom is 0.329 e. The van der Waals surface area contributed by atoms with E-state index < -0.39 is 5.97 Å². The Morgan fingerprint density at radius 1 is 1.50 bits per heavy atom. The number of halogens is 1. The number of rotatable bonds is 3. The first-order valence-electron chi connectivity index (χ1n) is 4.00. The fourth-order valence-corrected chi connectivity index (χ4v) is 0.994. The molecule has 0 aliphatic carbocycles. The fraction of sp³-hybridized carbons (Fsp3) is 0.100. The molecule has 1 N–H and O–H groups in total. The predicted molar refractivity (Wildman–Crippen MR) is 51.6 cm³/mol. The number of benzene rings is 1. The Balaban J connectivity index is 2.84. The van der Waals surface area contributed by atoms with Crippen molar-refractivity contribution in [3.63, 3.8) is 0 Å². The van der Waals surface area contributed by atoms with Crippen LogP contribution in [0.2, 0.25) is 0 Å². The van der Waals surface area contributed by atoms with Crippen molar-refractivity contribution < 1.29 is 14.3 Å². The average molecular weight is 195 g/mol. The molecule has 4 heteroatoms. The molecule has 1 aromatic carbocycles. The third-order valence-electron chi connectivity index (χ3n) is 1.67. The zero-order valence-corrected chi connectivity index (χ0v) is 7.64. The molecular weight excluding hydrogens is 185 g/mol. The molecule has 3 nitrogen and oxygen atoms in total. The minimum Gasteiger partial charge on any atom is -0.478 e. The maximum absolute atomic E-state index is 13.1. The second-order valence-corrected chi connectivity index (χ2v) is 2.72. The normalized spacial score (nSPS) is 10.4. The highest BCUT2D eigenvalue weighted by Gasteiger charge is 2.03. The van der Waals surface area contributed by atoms with E-state index in [9.17, 15) is 9.18 Å². The van der Waals surface area contributed by atoms with Gasteiger partial charge in [0.15, 0.2) is 0 Å². The van der Waals surface area contributed by atoms with Gasteiger partial charge in [-0.25, -0.2) is 9.18 Å². The summed E-state index contributed by atoms with van der Waals surface area (Å²) in [7, 11) is 1.58. The Bertz CT molecular complexity index is 363. The van der Waals surface area contributed by atoms with Gasteiger partial charge < -0.3 is 10.0 Å². The summed E-state index contributed by atoms with van der Waals surface area (Å²) in [6.45, 7) is 0. The molecule has 0 unspecified atom stereocenters. The number of aliphatic carboxylic acids is 1. The molecule has 0 atom stereocenters. The Morgan fingerprint density at radius 2 is 2.14 bits per heavy atom. The van der Waals surface area contributed by atoms with Gasteiger partial charge in [0.25, 0.3) is 0 Å². The van der Waals surface area contributed by atoms with Crippen LogP contribution in [-0.2, 0) is 4.79 Å². The van der Waals surface area contributed by atoms with Gasteiger partial charge in [-0.2, -0.15) is 0 Å². The van der Waals surface area contributed by atoms with Gasteiger partial charge in [0, 0.05) is 19.3 Å². The van der Waals surface area contributed by atoms with Gasteiger partial charge >= 0.3 is 5.97 Å². The van der Waals surface area contributed by atoms with Gasteiger partial charge in [-0.15, -0.1) is 0 Å².